The van der Waals surface area contributed by atoms with Crippen LogP contribution < -0.4 is 9.64 Å². The molecule has 0 aromatic carbocycles. The van der Waals surface area contributed by atoms with E-state index in [1.165, 1.54) is 0 Å². The molecule has 96 valence electrons. The Morgan fingerprint density at radius 3 is 2.94 bits per heavy atom. The number of fused-ring (bicyclic) bond motifs is 1. The summed E-state index contributed by atoms with van der Waals surface area (Å²) in [6.45, 7) is 10.5. The van der Waals surface area contributed by atoms with Crippen LogP contribution in [-0.2, 0) is 0 Å². The Labute approximate surface area is 112 Å². The molecule has 1 aliphatic rings. The van der Waals surface area contributed by atoms with Crippen LogP contribution in [0.15, 0.2) is 30.6 Å². The van der Waals surface area contributed by atoms with E-state index in [2.05, 4.69) is 35.3 Å². The molecular formula is C13H16ClN3O. The van der Waals surface area contributed by atoms with Crippen molar-refractivity contribution >= 4 is 17.4 Å². The van der Waals surface area contributed by atoms with Crippen molar-refractivity contribution in [1.29, 1.82) is 0 Å². The maximum atomic E-state index is 5.88. The van der Waals surface area contributed by atoms with Crippen LogP contribution in [0.3, 0.4) is 0 Å². The summed E-state index contributed by atoms with van der Waals surface area (Å²) in [6, 6.07) is 0. The molecule has 0 saturated carbocycles. The van der Waals surface area contributed by atoms with Crippen molar-refractivity contribution in [1.82, 2.24) is 9.97 Å². The molecule has 2 heterocycles. The minimum atomic E-state index is -0.222. The molecule has 0 saturated heterocycles. The molecule has 0 radical (unpaired) electrons. The summed E-state index contributed by atoms with van der Waals surface area (Å²) < 4.78 is 5.68. The fourth-order valence-electron chi connectivity index (χ4n) is 2.02. The SMILES string of the molecule is C=CC(=CC)N1c2nc(Cl)ncc2OCC1(C)C. The lowest BCUT2D eigenvalue weighted by Crippen LogP contribution is -2.51. The van der Waals surface area contributed by atoms with Crippen molar-refractivity contribution in [3.63, 3.8) is 0 Å². The van der Waals surface area contributed by atoms with Crippen LogP contribution >= 0.6 is 11.6 Å². The van der Waals surface area contributed by atoms with E-state index < -0.39 is 0 Å². The average Bonchev–Trinajstić information content (AvgIpc) is 2.33. The van der Waals surface area contributed by atoms with Gasteiger partial charge in [0.2, 0.25) is 5.28 Å². The molecule has 18 heavy (non-hydrogen) atoms. The predicted octanol–water partition coefficient (Wildman–Crippen LogP) is 3.20. The molecular weight excluding hydrogens is 250 g/mol. The number of hydrogen-bond donors (Lipinski definition) is 0. The highest BCUT2D eigenvalue weighted by Crippen LogP contribution is 2.39. The van der Waals surface area contributed by atoms with Gasteiger partial charge < -0.3 is 9.64 Å². The molecule has 1 aromatic rings. The van der Waals surface area contributed by atoms with Crippen molar-refractivity contribution in [2.45, 2.75) is 26.3 Å². The first-order chi connectivity index (χ1) is 8.49. The standard InChI is InChI=1S/C13H16ClN3O/c1-5-9(6-2)17-11-10(7-15-12(14)16-11)18-8-13(17,3)4/h5-7H,1,8H2,2-4H3. The minimum Gasteiger partial charge on any atom is -0.486 e. The first kappa shape index (κ1) is 12.9. The van der Waals surface area contributed by atoms with Crippen molar-refractivity contribution in [3.05, 3.63) is 35.9 Å². The Hall–Kier alpha value is -1.55. The molecule has 5 heteroatoms. The molecule has 4 nitrogen and oxygen atoms in total. The molecule has 0 bridgehead atoms. The van der Waals surface area contributed by atoms with Gasteiger partial charge in [-0.3, -0.25) is 0 Å². The summed E-state index contributed by atoms with van der Waals surface area (Å²) in [4.78, 5) is 10.3. The quantitative estimate of drug-likeness (QED) is 0.608. The van der Waals surface area contributed by atoms with E-state index in [4.69, 9.17) is 16.3 Å². The second-order valence-corrected chi connectivity index (χ2v) is 5.02. The normalized spacial score (nSPS) is 18.0. The molecule has 0 aliphatic carbocycles. The summed E-state index contributed by atoms with van der Waals surface area (Å²) >= 11 is 5.88. The maximum absolute atomic E-state index is 5.88. The average molecular weight is 266 g/mol. The summed E-state index contributed by atoms with van der Waals surface area (Å²) in [7, 11) is 0. The highest BCUT2D eigenvalue weighted by atomic mass is 35.5. The van der Waals surface area contributed by atoms with Crippen LogP contribution in [0.4, 0.5) is 5.82 Å². The third kappa shape index (κ3) is 2.08. The fraction of sp³-hybridized carbons (Fsp3) is 0.385. The largest absolute Gasteiger partial charge is 0.486 e. The summed E-state index contributed by atoms with van der Waals surface area (Å²) in [5.41, 5.74) is 0.750. The van der Waals surface area contributed by atoms with Crippen molar-refractivity contribution in [2.24, 2.45) is 0 Å². The van der Waals surface area contributed by atoms with E-state index in [9.17, 15) is 0 Å². The number of anilines is 1. The smallest absolute Gasteiger partial charge is 0.224 e. The number of halogens is 1. The Balaban J connectivity index is 2.60. The number of nitrogens with zero attached hydrogens (tertiary/aromatic N) is 3. The zero-order chi connectivity index (χ0) is 13.3. The molecule has 0 spiro atoms. The number of rotatable bonds is 2. The Morgan fingerprint density at radius 1 is 1.61 bits per heavy atom. The lowest BCUT2D eigenvalue weighted by atomic mass is 10.0. The maximum Gasteiger partial charge on any atom is 0.224 e. The number of allylic oxidation sites excluding steroid dienone is 2. The van der Waals surface area contributed by atoms with Gasteiger partial charge >= 0.3 is 0 Å². The lowest BCUT2D eigenvalue weighted by molar-refractivity contribution is 0.217. The van der Waals surface area contributed by atoms with E-state index in [1.807, 2.05) is 13.0 Å². The number of hydrogen-bond acceptors (Lipinski definition) is 4. The van der Waals surface area contributed by atoms with Gasteiger partial charge in [0, 0.05) is 5.70 Å². The van der Waals surface area contributed by atoms with Crippen LogP contribution in [-0.4, -0.2) is 22.1 Å². The summed E-state index contributed by atoms with van der Waals surface area (Å²) in [5, 5.41) is 0.208. The summed E-state index contributed by atoms with van der Waals surface area (Å²) in [5.74, 6) is 1.32. The first-order valence-electron chi connectivity index (χ1n) is 5.74. The third-order valence-corrected chi connectivity index (χ3v) is 3.05. The van der Waals surface area contributed by atoms with Crippen LogP contribution in [0.1, 0.15) is 20.8 Å². The predicted molar refractivity (Wildman–Crippen MR) is 73.0 cm³/mol. The van der Waals surface area contributed by atoms with E-state index in [0.29, 0.717) is 18.2 Å². The van der Waals surface area contributed by atoms with Crippen molar-refractivity contribution < 1.29 is 4.74 Å². The van der Waals surface area contributed by atoms with Crippen LogP contribution in [0.2, 0.25) is 5.28 Å². The second kappa shape index (κ2) is 4.61. The molecule has 0 N–H and O–H groups in total. The van der Waals surface area contributed by atoms with Crippen LogP contribution in [0.5, 0.6) is 5.75 Å². The topological polar surface area (TPSA) is 38.2 Å². The third-order valence-electron chi connectivity index (χ3n) is 2.87. The monoisotopic (exact) mass is 265 g/mol. The van der Waals surface area contributed by atoms with Crippen molar-refractivity contribution in [3.8, 4) is 5.75 Å². The van der Waals surface area contributed by atoms with Gasteiger partial charge in [0.15, 0.2) is 11.6 Å². The highest BCUT2D eigenvalue weighted by Gasteiger charge is 2.37. The zero-order valence-electron chi connectivity index (χ0n) is 10.8. The molecule has 1 aliphatic heterocycles. The Kier molecular flexibility index (Phi) is 3.30. The van der Waals surface area contributed by atoms with Gasteiger partial charge in [0.25, 0.3) is 0 Å². The highest BCUT2D eigenvalue weighted by molar-refractivity contribution is 6.28. The van der Waals surface area contributed by atoms with Gasteiger partial charge in [-0.05, 0) is 38.4 Å². The molecule has 2 rings (SSSR count). The van der Waals surface area contributed by atoms with Crippen LogP contribution in [0.25, 0.3) is 0 Å². The van der Waals surface area contributed by atoms with Gasteiger partial charge in [-0.1, -0.05) is 12.7 Å². The minimum absolute atomic E-state index is 0.208. The van der Waals surface area contributed by atoms with Gasteiger partial charge in [0.05, 0.1) is 11.7 Å². The van der Waals surface area contributed by atoms with Gasteiger partial charge in [-0.15, -0.1) is 0 Å². The first-order valence-corrected chi connectivity index (χ1v) is 6.11. The van der Waals surface area contributed by atoms with E-state index in [-0.39, 0.29) is 10.8 Å². The second-order valence-electron chi connectivity index (χ2n) is 4.68. The summed E-state index contributed by atoms with van der Waals surface area (Å²) in [6.07, 6.45) is 5.38. The van der Waals surface area contributed by atoms with E-state index in [1.54, 1.807) is 12.3 Å². The molecule has 0 unspecified atom stereocenters. The van der Waals surface area contributed by atoms with Gasteiger partial charge in [-0.2, -0.15) is 4.98 Å². The molecule has 1 aromatic heterocycles. The zero-order valence-corrected chi connectivity index (χ0v) is 11.5. The Bertz CT molecular complexity index is 511. The number of aromatic nitrogens is 2. The lowest BCUT2D eigenvalue weighted by Gasteiger charge is -2.43. The molecule has 0 fully saturated rings. The van der Waals surface area contributed by atoms with Crippen LogP contribution in [0, 0.1) is 0 Å². The number of ether oxygens (including phenoxy) is 1. The van der Waals surface area contributed by atoms with E-state index >= 15 is 0 Å². The molecule has 0 atom stereocenters. The van der Waals surface area contributed by atoms with E-state index in [0.717, 1.165) is 5.70 Å². The fourth-order valence-corrected chi connectivity index (χ4v) is 2.15. The molecule has 0 amide bonds. The van der Waals surface area contributed by atoms with Gasteiger partial charge in [-0.25, -0.2) is 4.98 Å². The Morgan fingerprint density at radius 2 is 2.33 bits per heavy atom. The van der Waals surface area contributed by atoms with Gasteiger partial charge in [0.1, 0.15) is 6.61 Å². The van der Waals surface area contributed by atoms with Crippen molar-refractivity contribution in [2.75, 3.05) is 11.5 Å².